The Morgan fingerprint density at radius 1 is 1.06 bits per heavy atom. The molecule has 0 saturated heterocycles. The largest absolute Gasteiger partial charge is 0.478 e. The number of benzene rings is 2. The molecule has 1 aromatic heterocycles. The van der Waals surface area contributed by atoms with Crippen LogP contribution in [0, 0.1) is 0 Å². The minimum absolute atomic E-state index is 0.0297. The number of aromatic carboxylic acids is 2. The van der Waals surface area contributed by atoms with Crippen LogP contribution < -0.4 is 5.01 Å². The number of amides is 1. The monoisotopic (exact) mass is 450 g/mol. The van der Waals surface area contributed by atoms with Crippen LogP contribution >= 0.6 is 11.6 Å². The zero-order chi connectivity index (χ0) is 23.0. The molecule has 0 atom stereocenters. The number of carbonyl (C=O) groups excluding carboxylic acids is 1. The fourth-order valence-corrected chi connectivity index (χ4v) is 3.43. The van der Waals surface area contributed by atoms with Crippen molar-refractivity contribution in [2.24, 2.45) is 5.10 Å². The van der Waals surface area contributed by atoms with Crippen molar-refractivity contribution in [3.8, 4) is 11.3 Å². The average molecular weight is 451 g/mol. The summed E-state index contributed by atoms with van der Waals surface area (Å²) in [5, 5.41) is 24.3. The molecule has 0 saturated carbocycles. The minimum atomic E-state index is -1.12. The van der Waals surface area contributed by atoms with Crippen LogP contribution in [-0.4, -0.2) is 33.8 Å². The number of nitrogens with zero attached hydrogens (tertiary/aromatic N) is 2. The Kier molecular flexibility index (Phi) is 5.38. The first-order valence-corrected chi connectivity index (χ1v) is 9.70. The van der Waals surface area contributed by atoms with E-state index >= 15 is 0 Å². The lowest BCUT2D eigenvalue weighted by molar-refractivity contribution is -0.114. The second-order valence-corrected chi connectivity index (χ2v) is 7.35. The maximum Gasteiger partial charge on any atom is 0.336 e. The van der Waals surface area contributed by atoms with Gasteiger partial charge in [-0.3, -0.25) is 4.79 Å². The Morgan fingerprint density at radius 3 is 2.56 bits per heavy atom. The molecule has 1 aliphatic heterocycles. The molecule has 9 heteroatoms. The number of carbonyl (C=O) groups is 3. The van der Waals surface area contributed by atoms with Gasteiger partial charge in [0.2, 0.25) is 0 Å². The Balaban J connectivity index is 1.66. The van der Waals surface area contributed by atoms with E-state index in [1.54, 1.807) is 25.1 Å². The van der Waals surface area contributed by atoms with Gasteiger partial charge in [-0.05, 0) is 61.5 Å². The lowest BCUT2D eigenvalue weighted by Crippen LogP contribution is -2.21. The van der Waals surface area contributed by atoms with E-state index < -0.39 is 17.8 Å². The van der Waals surface area contributed by atoms with Crippen molar-refractivity contribution in [1.82, 2.24) is 0 Å². The van der Waals surface area contributed by atoms with Gasteiger partial charge in [0, 0.05) is 10.6 Å². The fourth-order valence-electron chi connectivity index (χ4n) is 3.25. The fraction of sp³-hybridized carbons (Fsp3) is 0.0435. The Labute approximate surface area is 186 Å². The van der Waals surface area contributed by atoms with Gasteiger partial charge < -0.3 is 14.6 Å². The molecule has 2 heterocycles. The normalized spacial score (nSPS) is 14.7. The van der Waals surface area contributed by atoms with E-state index in [2.05, 4.69) is 5.10 Å². The van der Waals surface area contributed by atoms with Crippen molar-refractivity contribution in [1.29, 1.82) is 0 Å². The maximum atomic E-state index is 12.9. The van der Waals surface area contributed by atoms with Crippen LogP contribution in [0.15, 0.2) is 69.7 Å². The molecule has 0 spiro atoms. The molecule has 1 amide bonds. The van der Waals surface area contributed by atoms with Gasteiger partial charge >= 0.3 is 11.9 Å². The molecule has 0 aliphatic carbocycles. The molecule has 4 rings (SSSR count). The van der Waals surface area contributed by atoms with Crippen LogP contribution in [0.5, 0.6) is 0 Å². The van der Waals surface area contributed by atoms with E-state index in [4.69, 9.17) is 16.0 Å². The Morgan fingerprint density at radius 2 is 1.84 bits per heavy atom. The van der Waals surface area contributed by atoms with Crippen LogP contribution in [-0.2, 0) is 4.79 Å². The SMILES string of the molecule is CC1=NN(c2cccc(C(=O)O)c2)C(=O)C1=Cc1ccc(-c2cc(Cl)ccc2C(=O)O)o1. The van der Waals surface area contributed by atoms with Gasteiger partial charge in [-0.25, -0.2) is 9.59 Å². The quantitative estimate of drug-likeness (QED) is 0.538. The first-order chi connectivity index (χ1) is 15.2. The van der Waals surface area contributed by atoms with Gasteiger partial charge in [0.15, 0.2) is 0 Å². The third kappa shape index (κ3) is 3.91. The highest BCUT2D eigenvalue weighted by molar-refractivity contribution is 6.32. The summed E-state index contributed by atoms with van der Waals surface area (Å²) in [7, 11) is 0. The van der Waals surface area contributed by atoms with Crippen LogP contribution in [0.1, 0.15) is 33.4 Å². The van der Waals surface area contributed by atoms with Crippen LogP contribution in [0.25, 0.3) is 17.4 Å². The van der Waals surface area contributed by atoms with Gasteiger partial charge in [-0.2, -0.15) is 10.1 Å². The zero-order valence-corrected chi connectivity index (χ0v) is 17.3. The molecular formula is C23H15ClN2O6. The summed E-state index contributed by atoms with van der Waals surface area (Å²) < 4.78 is 5.76. The lowest BCUT2D eigenvalue weighted by atomic mass is 10.1. The van der Waals surface area contributed by atoms with Gasteiger partial charge in [-0.1, -0.05) is 17.7 Å². The maximum absolute atomic E-state index is 12.9. The third-order valence-corrected chi connectivity index (χ3v) is 5.03. The highest BCUT2D eigenvalue weighted by Crippen LogP contribution is 2.31. The summed E-state index contributed by atoms with van der Waals surface area (Å²) in [6.45, 7) is 1.65. The molecule has 2 N–H and O–H groups in total. The summed E-state index contributed by atoms with van der Waals surface area (Å²) in [6.07, 6.45) is 1.50. The molecule has 0 bridgehead atoms. The minimum Gasteiger partial charge on any atom is -0.478 e. The van der Waals surface area contributed by atoms with Crippen molar-refractivity contribution >= 4 is 46.9 Å². The zero-order valence-electron chi connectivity index (χ0n) is 16.6. The molecule has 8 nitrogen and oxygen atoms in total. The Bertz CT molecular complexity index is 1340. The second-order valence-electron chi connectivity index (χ2n) is 6.91. The van der Waals surface area contributed by atoms with Crippen molar-refractivity contribution in [3.05, 3.63) is 82.1 Å². The number of hydrogen-bond acceptors (Lipinski definition) is 5. The van der Waals surface area contributed by atoms with Gasteiger partial charge in [0.05, 0.1) is 28.1 Å². The highest BCUT2D eigenvalue weighted by atomic mass is 35.5. The smallest absolute Gasteiger partial charge is 0.336 e. The molecule has 32 heavy (non-hydrogen) atoms. The standard InChI is InChI=1S/C23H15ClN2O6/c1-12-18(21(27)26(25-12)15-4-2-3-13(9-15)22(28)29)11-16-6-8-20(32-16)19-10-14(24)5-7-17(19)23(30)31/h2-11H,1H3,(H,28,29)(H,30,31). The molecule has 160 valence electrons. The molecule has 0 unspecified atom stereocenters. The van der Waals surface area contributed by atoms with Crippen molar-refractivity contribution < 1.29 is 29.0 Å². The van der Waals surface area contributed by atoms with E-state index in [1.165, 1.54) is 42.5 Å². The molecular weight excluding hydrogens is 436 g/mol. The number of halogens is 1. The van der Waals surface area contributed by atoms with Crippen LogP contribution in [0.2, 0.25) is 5.02 Å². The summed E-state index contributed by atoms with van der Waals surface area (Å²) in [6, 6.07) is 13.4. The van der Waals surface area contributed by atoms with E-state index in [-0.39, 0.29) is 22.5 Å². The second kappa shape index (κ2) is 8.16. The Hall–Kier alpha value is -4.17. The number of carboxylic acids is 2. The summed E-state index contributed by atoms with van der Waals surface area (Å²) in [5.41, 5.74) is 1.38. The summed E-state index contributed by atoms with van der Waals surface area (Å²) in [4.78, 5) is 35.7. The van der Waals surface area contributed by atoms with E-state index in [1.807, 2.05) is 0 Å². The highest BCUT2D eigenvalue weighted by Gasteiger charge is 2.29. The molecule has 1 aliphatic rings. The molecule has 0 radical (unpaired) electrons. The number of furan rings is 1. The number of rotatable bonds is 5. The molecule has 3 aromatic rings. The van der Waals surface area contributed by atoms with Crippen LogP contribution in [0.4, 0.5) is 5.69 Å². The summed E-state index contributed by atoms with van der Waals surface area (Å²) in [5.74, 6) is -2.09. The topological polar surface area (TPSA) is 120 Å². The van der Waals surface area contributed by atoms with E-state index in [9.17, 15) is 24.6 Å². The first-order valence-electron chi connectivity index (χ1n) is 9.33. The predicted molar refractivity (Wildman–Crippen MR) is 118 cm³/mol. The van der Waals surface area contributed by atoms with Crippen molar-refractivity contribution in [3.63, 3.8) is 0 Å². The summed E-state index contributed by atoms with van der Waals surface area (Å²) >= 11 is 6.01. The van der Waals surface area contributed by atoms with Gasteiger partial charge in [0.1, 0.15) is 11.5 Å². The van der Waals surface area contributed by atoms with E-state index in [0.717, 1.165) is 5.01 Å². The van der Waals surface area contributed by atoms with Crippen LogP contribution in [0.3, 0.4) is 0 Å². The predicted octanol–water partition coefficient (Wildman–Crippen LogP) is 4.80. The molecule has 2 aromatic carbocycles. The number of hydrazone groups is 1. The van der Waals surface area contributed by atoms with Gasteiger partial charge in [0.25, 0.3) is 5.91 Å². The number of anilines is 1. The third-order valence-electron chi connectivity index (χ3n) is 4.79. The van der Waals surface area contributed by atoms with Gasteiger partial charge in [-0.15, -0.1) is 0 Å². The lowest BCUT2D eigenvalue weighted by Gasteiger charge is -2.12. The number of carboxylic acid groups (broad SMARTS) is 2. The van der Waals surface area contributed by atoms with Crippen molar-refractivity contribution in [2.75, 3.05) is 5.01 Å². The first kappa shape index (κ1) is 21.1. The number of hydrogen-bond donors (Lipinski definition) is 2. The van der Waals surface area contributed by atoms with Crippen molar-refractivity contribution in [2.45, 2.75) is 6.92 Å². The average Bonchev–Trinajstić information content (AvgIpc) is 3.34. The van der Waals surface area contributed by atoms with E-state index in [0.29, 0.717) is 27.7 Å². The molecule has 0 fully saturated rings.